The van der Waals surface area contributed by atoms with Crippen molar-refractivity contribution in [3.05, 3.63) is 47.2 Å². The molecule has 23 heavy (non-hydrogen) atoms. The fourth-order valence-electron chi connectivity index (χ4n) is 1.98. The molecule has 0 spiro atoms. The van der Waals surface area contributed by atoms with E-state index in [1.807, 2.05) is 45.9 Å². The Hall–Kier alpha value is -2.63. The van der Waals surface area contributed by atoms with Crippen molar-refractivity contribution in [1.82, 2.24) is 10.2 Å². The number of aromatic nitrogens is 2. The standard InChI is InChI=1S/C17H22N4O2/c1-11-5-6-12(14(9-11)23-17(2,3)4)10-19-15-8-7-13(16(18)22)20-21-15/h5-9H,10H2,1-4H3,(H2,18,22)(H,19,21). The summed E-state index contributed by atoms with van der Waals surface area (Å²) in [6, 6.07) is 9.29. The van der Waals surface area contributed by atoms with Crippen molar-refractivity contribution in [2.24, 2.45) is 5.73 Å². The Morgan fingerprint density at radius 2 is 1.96 bits per heavy atom. The normalized spacial score (nSPS) is 11.1. The van der Waals surface area contributed by atoms with Gasteiger partial charge < -0.3 is 15.8 Å². The minimum atomic E-state index is -0.594. The fraction of sp³-hybridized carbons (Fsp3) is 0.353. The summed E-state index contributed by atoms with van der Waals surface area (Å²) in [4.78, 5) is 11.0. The Kier molecular flexibility index (Phi) is 4.83. The highest BCUT2D eigenvalue weighted by molar-refractivity contribution is 5.90. The van der Waals surface area contributed by atoms with Crippen molar-refractivity contribution < 1.29 is 9.53 Å². The average molecular weight is 314 g/mol. The third-order valence-electron chi connectivity index (χ3n) is 3.02. The summed E-state index contributed by atoms with van der Waals surface area (Å²) in [7, 11) is 0. The minimum absolute atomic E-state index is 0.141. The summed E-state index contributed by atoms with van der Waals surface area (Å²) in [6.07, 6.45) is 0. The van der Waals surface area contributed by atoms with Crippen LogP contribution in [0.15, 0.2) is 30.3 Å². The van der Waals surface area contributed by atoms with Crippen LogP contribution in [0.3, 0.4) is 0 Å². The number of rotatable bonds is 5. The first-order valence-corrected chi connectivity index (χ1v) is 7.40. The zero-order valence-corrected chi connectivity index (χ0v) is 13.9. The molecule has 0 saturated carbocycles. The average Bonchev–Trinajstić information content (AvgIpc) is 2.45. The maximum Gasteiger partial charge on any atom is 0.269 e. The van der Waals surface area contributed by atoms with E-state index >= 15 is 0 Å². The number of carbonyl (C=O) groups excluding carboxylic acids is 1. The second-order valence-electron chi connectivity index (χ2n) is 6.35. The first kappa shape index (κ1) is 16.7. The minimum Gasteiger partial charge on any atom is -0.488 e. The summed E-state index contributed by atoms with van der Waals surface area (Å²) in [5.41, 5.74) is 7.17. The molecule has 3 N–H and O–H groups in total. The fourth-order valence-corrected chi connectivity index (χ4v) is 1.98. The van der Waals surface area contributed by atoms with Crippen LogP contribution in [0.4, 0.5) is 5.82 Å². The van der Waals surface area contributed by atoms with Gasteiger partial charge in [0.15, 0.2) is 5.69 Å². The van der Waals surface area contributed by atoms with Gasteiger partial charge in [0.1, 0.15) is 17.2 Å². The number of nitrogens with two attached hydrogens (primary N) is 1. The number of nitrogens with one attached hydrogen (secondary N) is 1. The first-order valence-electron chi connectivity index (χ1n) is 7.40. The number of benzene rings is 1. The Morgan fingerprint density at radius 1 is 1.22 bits per heavy atom. The third-order valence-corrected chi connectivity index (χ3v) is 3.02. The van der Waals surface area contributed by atoms with Crippen LogP contribution in [0.2, 0.25) is 0 Å². The monoisotopic (exact) mass is 314 g/mol. The summed E-state index contributed by atoms with van der Waals surface area (Å²) in [5.74, 6) is 0.812. The molecule has 0 aliphatic rings. The van der Waals surface area contributed by atoms with Gasteiger partial charge >= 0.3 is 0 Å². The van der Waals surface area contributed by atoms with Crippen LogP contribution in [0.25, 0.3) is 0 Å². The van der Waals surface area contributed by atoms with Gasteiger partial charge in [-0.15, -0.1) is 10.2 Å². The van der Waals surface area contributed by atoms with Gasteiger partial charge in [0, 0.05) is 12.1 Å². The molecule has 6 nitrogen and oxygen atoms in total. The number of primary amides is 1. The number of aryl methyl sites for hydroxylation is 1. The summed E-state index contributed by atoms with van der Waals surface area (Å²) in [5, 5.41) is 10.9. The van der Waals surface area contributed by atoms with Crippen LogP contribution in [0.1, 0.15) is 42.4 Å². The Labute approximate surface area is 136 Å². The van der Waals surface area contributed by atoms with Gasteiger partial charge in [-0.05, 0) is 51.5 Å². The second-order valence-corrected chi connectivity index (χ2v) is 6.35. The van der Waals surface area contributed by atoms with E-state index in [0.717, 1.165) is 16.9 Å². The van der Waals surface area contributed by atoms with Crippen molar-refractivity contribution in [3.8, 4) is 5.75 Å². The number of anilines is 1. The molecule has 122 valence electrons. The lowest BCUT2D eigenvalue weighted by molar-refractivity contribution is 0.0994. The Balaban J connectivity index is 2.12. The highest BCUT2D eigenvalue weighted by Crippen LogP contribution is 2.25. The Bertz CT molecular complexity index is 691. The quantitative estimate of drug-likeness (QED) is 0.885. The van der Waals surface area contributed by atoms with Crippen molar-refractivity contribution in [3.63, 3.8) is 0 Å². The predicted molar refractivity (Wildman–Crippen MR) is 89.4 cm³/mol. The molecule has 0 unspecified atom stereocenters. The SMILES string of the molecule is Cc1ccc(CNc2ccc(C(N)=O)nn2)c(OC(C)(C)C)c1. The van der Waals surface area contributed by atoms with Crippen LogP contribution in [0, 0.1) is 6.92 Å². The molecule has 0 aliphatic carbocycles. The van der Waals surface area contributed by atoms with Crippen molar-refractivity contribution in [1.29, 1.82) is 0 Å². The maximum atomic E-state index is 11.0. The van der Waals surface area contributed by atoms with Gasteiger partial charge in [0.2, 0.25) is 0 Å². The largest absolute Gasteiger partial charge is 0.488 e. The highest BCUT2D eigenvalue weighted by atomic mass is 16.5. The van der Waals surface area contributed by atoms with E-state index in [1.54, 1.807) is 12.1 Å². The van der Waals surface area contributed by atoms with Gasteiger partial charge in [-0.25, -0.2) is 0 Å². The molecule has 0 fully saturated rings. The molecule has 1 aromatic carbocycles. The van der Waals surface area contributed by atoms with Gasteiger partial charge in [-0.1, -0.05) is 12.1 Å². The molecule has 0 bridgehead atoms. The molecule has 6 heteroatoms. The van der Waals surface area contributed by atoms with Crippen molar-refractivity contribution >= 4 is 11.7 Å². The van der Waals surface area contributed by atoms with E-state index in [1.165, 1.54) is 0 Å². The number of hydrogen-bond donors (Lipinski definition) is 2. The zero-order chi connectivity index (χ0) is 17.0. The summed E-state index contributed by atoms with van der Waals surface area (Å²) >= 11 is 0. The third kappa shape index (κ3) is 4.95. The van der Waals surface area contributed by atoms with Crippen LogP contribution >= 0.6 is 0 Å². The molecule has 0 atom stereocenters. The van der Waals surface area contributed by atoms with Gasteiger partial charge in [-0.3, -0.25) is 4.79 Å². The second kappa shape index (κ2) is 6.64. The number of hydrogen-bond acceptors (Lipinski definition) is 5. The van der Waals surface area contributed by atoms with E-state index in [0.29, 0.717) is 12.4 Å². The lowest BCUT2D eigenvalue weighted by Gasteiger charge is -2.24. The smallest absolute Gasteiger partial charge is 0.269 e. The van der Waals surface area contributed by atoms with Gasteiger partial charge in [-0.2, -0.15) is 0 Å². The van der Waals surface area contributed by atoms with Crippen molar-refractivity contribution in [2.45, 2.75) is 39.8 Å². The topological polar surface area (TPSA) is 90.1 Å². The van der Waals surface area contributed by atoms with Gasteiger partial charge in [0.05, 0.1) is 0 Å². The van der Waals surface area contributed by atoms with Crippen LogP contribution in [-0.4, -0.2) is 21.7 Å². The van der Waals surface area contributed by atoms with E-state index in [9.17, 15) is 4.79 Å². The lowest BCUT2D eigenvalue weighted by Crippen LogP contribution is -2.24. The van der Waals surface area contributed by atoms with Crippen LogP contribution < -0.4 is 15.8 Å². The number of nitrogens with zero attached hydrogens (tertiary/aromatic N) is 2. The molecule has 0 saturated heterocycles. The number of amides is 1. The highest BCUT2D eigenvalue weighted by Gasteiger charge is 2.15. The molecule has 1 aromatic heterocycles. The molecular weight excluding hydrogens is 292 g/mol. The van der Waals surface area contributed by atoms with E-state index in [4.69, 9.17) is 10.5 Å². The van der Waals surface area contributed by atoms with Crippen molar-refractivity contribution in [2.75, 3.05) is 5.32 Å². The van der Waals surface area contributed by atoms with E-state index in [-0.39, 0.29) is 11.3 Å². The number of carbonyl (C=O) groups is 1. The summed E-state index contributed by atoms with van der Waals surface area (Å²) < 4.78 is 6.02. The van der Waals surface area contributed by atoms with Crippen LogP contribution in [-0.2, 0) is 6.54 Å². The van der Waals surface area contributed by atoms with Crippen LogP contribution in [0.5, 0.6) is 5.75 Å². The maximum absolute atomic E-state index is 11.0. The van der Waals surface area contributed by atoms with Gasteiger partial charge in [0.25, 0.3) is 5.91 Å². The Morgan fingerprint density at radius 3 is 2.52 bits per heavy atom. The predicted octanol–water partition coefficient (Wildman–Crippen LogP) is 2.67. The molecule has 2 rings (SSSR count). The molecule has 1 amide bonds. The lowest BCUT2D eigenvalue weighted by atomic mass is 10.1. The van der Waals surface area contributed by atoms with E-state index in [2.05, 4.69) is 15.5 Å². The molecular formula is C17H22N4O2. The first-order chi connectivity index (χ1) is 10.7. The number of ether oxygens (including phenoxy) is 1. The van der Waals surface area contributed by atoms with E-state index < -0.39 is 5.91 Å². The molecule has 1 heterocycles. The summed E-state index contributed by atoms with van der Waals surface area (Å²) in [6.45, 7) is 8.61. The molecule has 2 aromatic rings. The molecule has 0 aliphatic heterocycles. The molecule has 0 radical (unpaired) electrons. The zero-order valence-electron chi connectivity index (χ0n) is 13.9.